The van der Waals surface area contributed by atoms with Crippen LogP contribution in [0, 0.1) is 0 Å². The molecule has 21 aromatic carbocycles. The van der Waals surface area contributed by atoms with Crippen molar-refractivity contribution in [3.63, 3.8) is 0 Å². The molecule has 0 saturated heterocycles. The number of rotatable bonds is 15. The van der Waals surface area contributed by atoms with Crippen LogP contribution >= 0.6 is 0 Å². The first kappa shape index (κ1) is 77.0. The predicted molar refractivity (Wildman–Crippen MR) is 552 cm³/mol. The third kappa shape index (κ3) is 13.3. The van der Waals surface area contributed by atoms with E-state index in [1.54, 1.807) is 0 Å². The lowest BCUT2D eigenvalue weighted by Gasteiger charge is -2.34. The Labute approximate surface area is 762 Å². The molecule has 0 aliphatic heterocycles. The summed E-state index contributed by atoms with van der Waals surface area (Å²) in [7, 11) is 0. The Morgan fingerprint density at radius 1 is 0.183 bits per heavy atom. The molecule has 2 aliphatic rings. The number of hydrogen-bond acceptors (Lipinski definition) is 4. The van der Waals surface area contributed by atoms with Crippen LogP contribution in [0.5, 0.6) is 0 Å². The standard InChI is InChI=1S/C127H88N2O2/c1-79-80(2)119-77-105(128(104-60-48-91(49-61-104)120-73-100-18-8-9-19-107(100)108-20-10-11-21-109(108)120)101-54-42-84(43-55-101)82-26-30-88(31-27-82)98-52-66-116-114-22-12-14-24-123(114)130-125(116)75-98)62-68-111(119)110-64-50-96(72-118(79)110)87-36-34-86(35-37-87)92-38-40-95-71-93(39-41-94(95)70-92)90-46-58-103(59-47-90)129(106-63-69-113-112-65-51-97(81-16-6-5-7-17-81)74-121(112)127(3,4)122(113)78-106)102-56-44-85(45-57-102)83-28-32-89(33-29-83)99-53-67-117-115-23-13-15-25-124(115)131-126(117)76-99/h5-80H,1-4H3. The molecule has 0 spiro atoms. The fourth-order valence-electron chi connectivity index (χ4n) is 21.3. The highest BCUT2D eigenvalue weighted by Gasteiger charge is 2.37. The average Bonchev–Trinajstić information content (AvgIpc) is 1.55. The minimum atomic E-state index is -0.228. The summed E-state index contributed by atoms with van der Waals surface area (Å²) >= 11 is 0. The minimum Gasteiger partial charge on any atom is -0.456 e. The Balaban J connectivity index is 0.481. The topological polar surface area (TPSA) is 32.8 Å². The molecule has 23 aromatic rings. The molecule has 131 heavy (non-hydrogen) atoms. The van der Waals surface area contributed by atoms with Crippen molar-refractivity contribution < 1.29 is 8.83 Å². The zero-order chi connectivity index (χ0) is 87.1. The molecule has 618 valence electrons. The summed E-state index contributed by atoms with van der Waals surface area (Å²) in [6, 6.07) is 166. The normalized spacial score (nSPS) is 13.7. The van der Waals surface area contributed by atoms with E-state index in [9.17, 15) is 0 Å². The monoisotopic (exact) mass is 1670 g/mol. The molecule has 2 atom stereocenters. The van der Waals surface area contributed by atoms with Crippen LogP contribution in [0.2, 0.25) is 0 Å². The van der Waals surface area contributed by atoms with Gasteiger partial charge in [-0.1, -0.05) is 343 Å². The van der Waals surface area contributed by atoms with Gasteiger partial charge in [0.15, 0.2) is 0 Å². The van der Waals surface area contributed by atoms with Crippen LogP contribution < -0.4 is 9.80 Å². The molecule has 0 N–H and O–H groups in total. The SMILES string of the molecule is CC1c2cc(-c3ccc(-c4ccc5cc(-c6ccc(N(c7ccc(-c8ccc(-c9ccc%10c(c9)oc9ccccc9%10)cc8)cc7)c7ccc8c(c7)C(C)(C)c7cc(-c9ccccc9)ccc7-8)cc6)ccc5c4)cc3)ccc2-c2ccc(N(c3ccc(-c4ccc(-c5ccc6c(c5)oc5ccccc56)cc4)cc3)c3ccc(-c4cc5ccccc5c5ccccc45)cc3)cc2C1C. The van der Waals surface area contributed by atoms with Crippen LogP contribution in [0.1, 0.15) is 61.8 Å². The first-order chi connectivity index (χ1) is 64.4. The molecular weight excluding hydrogens is 1590 g/mol. The van der Waals surface area contributed by atoms with Gasteiger partial charge in [-0.15, -0.1) is 0 Å². The molecule has 0 radical (unpaired) electrons. The zero-order valence-corrected chi connectivity index (χ0v) is 73.1. The molecule has 2 aromatic heterocycles. The smallest absolute Gasteiger partial charge is 0.136 e. The summed E-state index contributed by atoms with van der Waals surface area (Å²) in [5, 5.41) is 12.0. The Morgan fingerprint density at radius 2 is 0.489 bits per heavy atom. The van der Waals surface area contributed by atoms with Crippen LogP contribution in [-0.2, 0) is 5.41 Å². The molecule has 0 saturated carbocycles. The quantitative estimate of drug-likeness (QED) is 0.0958. The van der Waals surface area contributed by atoms with Crippen molar-refractivity contribution in [3.8, 4) is 122 Å². The maximum Gasteiger partial charge on any atom is 0.136 e. The van der Waals surface area contributed by atoms with E-state index in [0.29, 0.717) is 0 Å². The molecule has 25 rings (SSSR count). The van der Waals surface area contributed by atoms with E-state index in [0.717, 1.165) is 128 Å². The highest BCUT2D eigenvalue weighted by atomic mass is 16.3. The van der Waals surface area contributed by atoms with Crippen molar-refractivity contribution in [2.24, 2.45) is 0 Å². The maximum atomic E-state index is 6.29. The summed E-state index contributed by atoms with van der Waals surface area (Å²) in [5.41, 5.74) is 41.8. The van der Waals surface area contributed by atoms with Crippen molar-refractivity contribution in [1.82, 2.24) is 0 Å². The van der Waals surface area contributed by atoms with E-state index >= 15 is 0 Å². The minimum absolute atomic E-state index is 0.228. The third-order valence-electron chi connectivity index (χ3n) is 28.6. The highest BCUT2D eigenvalue weighted by molar-refractivity contribution is 6.14. The lowest BCUT2D eigenvalue weighted by molar-refractivity contribution is 0.616. The summed E-state index contributed by atoms with van der Waals surface area (Å²) in [4.78, 5) is 4.86. The van der Waals surface area contributed by atoms with Crippen LogP contribution in [0.4, 0.5) is 34.1 Å². The summed E-state index contributed by atoms with van der Waals surface area (Å²) < 4.78 is 12.6. The van der Waals surface area contributed by atoms with Gasteiger partial charge in [0, 0.05) is 61.1 Å². The number of furan rings is 2. The van der Waals surface area contributed by atoms with Crippen molar-refractivity contribution in [2.45, 2.75) is 44.9 Å². The first-order valence-corrected chi connectivity index (χ1v) is 45.7. The van der Waals surface area contributed by atoms with Crippen LogP contribution in [0.15, 0.2) is 458 Å². The second-order valence-corrected chi connectivity index (χ2v) is 36.3. The number of hydrogen-bond donors (Lipinski definition) is 0. The van der Waals surface area contributed by atoms with Crippen molar-refractivity contribution >= 4 is 110 Å². The zero-order valence-electron chi connectivity index (χ0n) is 73.1. The number of para-hydroxylation sites is 2. The number of benzene rings is 21. The van der Waals surface area contributed by atoms with Crippen LogP contribution in [0.25, 0.3) is 199 Å². The van der Waals surface area contributed by atoms with Gasteiger partial charge in [0.25, 0.3) is 0 Å². The van der Waals surface area contributed by atoms with Gasteiger partial charge < -0.3 is 18.6 Å². The second kappa shape index (κ2) is 31.0. The van der Waals surface area contributed by atoms with Gasteiger partial charge in [-0.25, -0.2) is 0 Å². The van der Waals surface area contributed by atoms with E-state index in [4.69, 9.17) is 8.83 Å². The largest absolute Gasteiger partial charge is 0.456 e. The second-order valence-electron chi connectivity index (χ2n) is 36.3. The summed E-state index contributed by atoms with van der Waals surface area (Å²) in [6.45, 7) is 9.60. The van der Waals surface area contributed by atoms with Crippen molar-refractivity contribution in [2.75, 3.05) is 9.80 Å². The van der Waals surface area contributed by atoms with Gasteiger partial charge in [-0.3, -0.25) is 0 Å². The summed E-state index contributed by atoms with van der Waals surface area (Å²) in [5.74, 6) is 0.524. The molecule has 4 nitrogen and oxygen atoms in total. The molecule has 4 heteroatoms. The lowest BCUT2D eigenvalue weighted by atomic mass is 9.72. The van der Waals surface area contributed by atoms with E-state index in [1.165, 1.54) is 127 Å². The molecule has 2 heterocycles. The first-order valence-electron chi connectivity index (χ1n) is 45.7. The Hall–Kier alpha value is -16.4. The average molecular weight is 1670 g/mol. The number of nitrogens with zero attached hydrogens (tertiary/aromatic N) is 2. The third-order valence-corrected chi connectivity index (χ3v) is 28.6. The van der Waals surface area contributed by atoms with Gasteiger partial charge in [0.05, 0.1) is 0 Å². The Bertz CT molecular complexity index is 8470. The van der Waals surface area contributed by atoms with Gasteiger partial charge in [0.1, 0.15) is 22.3 Å². The Morgan fingerprint density at radius 3 is 0.977 bits per heavy atom. The van der Waals surface area contributed by atoms with Crippen LogP contribution in [0.3, 0.4) is 0 Å². The van der Waals surface area contributed by atoms with Crippen LogP contribution in [-0.4, -0.2) is 0 Å². The number of anilines is 6. The predicted octanol–water partition coefficient (Wildman–Crippen LogP) is 36.1. The van der Waals surface area contributed by atoms with E-state index in [2.05, 4.69) is 462 Å². The highest BCUT2D eigenvalue weighted by Crippen LogP contribution is 2.55. The van der Waals surface area contributed by atoms with Crippen molar-refractivity contribution in [3.05, 3.63) is 471 Å². The van der Waals surface area contributed by atoms with Gasteiger partial charge in [0.2, 0.25) is 0 Å². The molecule has 0 fully saturated rings. The fourth-order valence-corrected chi connectivity index (χ4v) is 21.3. The fraction of sp³-hybridized carbons (Fsp3) is 0.0551. The summed E-state index contributed by atoms with van der Waals surface area (Å²) in [6.07, 6.45) is 0. The molecular formula is C127H88N2O2. The van der Waals surface area contributed by atoms with Gasteiger partial charge >= 0.3 is 0 Å². The number of fused-ring (bicyclic) bond motifs is 16. The maximum absolute atomic E-state index is 6.29. The van der Waals surface area contributed by atoms with E-state index in [1.807, 2.05) is 24.3 Å². The van der Waals surface area contributed by atoms with Crippen molar-refractivity contribution in [1.29, 1.82) is 0 Å². The molecule has 0 amide bonds. The molecule has 2 unspecified atom stereocenters. The van der Waals surface area contributed by atoms with Gasteiger partial charge in [-0.2, -0.15) is 0 Å². The Kier molecular flexibility index (Phi) is 18.2. The molecule has 0 bridgehead atoms. The van der Waals surface area contributed by atoms with E-state index in [-0.39, 0.29) is 17.3 Å². The van der Waals surface area contributed by atoms with E-state index < -0.39 is 0 Å². The molecule has 2 aliphatic carbocycles. The lowest BCUT2D eigenvalue weighted by Crippen LogP contribution is -2.16. The van der Waals surface area contributed by atoms with Gasteiger partial charge in [-0.05, 0) is 322 Å².